The van der Waals surface area contributed by atoms with Gasteiger partial charge in [0.15, 0.2) is 0 Å². The largest absolute Gasteiger partial charge is 0.285 e. The van der Waals surface area contributed by atoms with Crippen molar-refractivity contribution in [2.45, 2.75) is 38.5 Å². The van der Waals surface area contributed by atoms with Gasteiger partial charge < -0.3 is 0 Å². The molecule has 2 heteroatoms. The van der Waals surface area contributed by atoms with Gasteiger partial charge in [0.1, 0.15) is 0 Å². The van der Waals surface area contributed by atoms with Gasteiger partial charge in [0.2, 0.25) is 11.6 Å². The molecule has 2 nitrogen and oxygen atoms in total. The van der Waals surface area contributed by atoms with Crippen LogP contribution in [-0.2, 0) is 9.59 Å². The Morgan fingerprint density at radius 3 is 1.64 bits per heavy atom. The Kier molecular flexibility index (Phi) is 4.51. The molecular weight excluding hydrogens is 176 g/mol. The highest BCUT2D eigenvalue weighted by atomic mass is 16.1. The highest BCUT2D eigenvalue weighted by molar-refractivity contribution is 6.01. The third kappa shape index (κ3) is 4.48. The molecule has 0 aromatic rings. The third-order valence-electron chi connectivity index (χ3n) is 1.89. The van der Waals surface area contributed by atoms with Gasteiger partial charge in [0.05, 0.1) is 0 Å². The SMILES string of the molecule is O=C1C#CCCCCC#CC(=O)CC1. The molecule has 0 unspecified atom stereocenters. The average Bonchev–Trinajstić information content (AvgIpc) is 2.17. The summed E-state index contributed by atoms with van der Waals surface area (Å²) in [4.78, 5) is 22.1. The first-order chi connectivity index (χ1) is 6.79. The Hall–Kier alpha value is -1.54. The van der Waals surface area contributed by atoms with Gasteiger partial charge in [-0.25, -0.2) is 0 Å². The molecule has 0 radical (unpaired) electrons. The fraction of sp³-hybridized carbons (Fsp3) is 0.500. The van der Waals surface area contributed by atoms with Crippen molar-refractivity contribution in [1.82, 2.24) is 0 Å². The summed E-state index contributed by atoms with van der Waals surface area (Å²) in [5.74, 6) is 10.4. The quantitative estimate of drug-likeness (QED) is 0.426. The summed E-state index contributed by atoms with van der Waals surface area (Å²) in [5.41, 5.74) is 0. The first kappa shape index (κ1) is 10.5. The van der Waals surface area contributed by atoms with Gasteiger partial charge in [-0.05, 0) is 24.7 Å². The molecule has 0 saturated heterocycles. The van der Waals surface area contributed by atoms with Crippen molar-refractivity contribution in [1.29, 1.82) is 0 Å². The van der Waals surface area contributed by atoms with E-state index in [1.54, 1.807) is 0 Å². The second-order valence-electron chi connectivity index (χ2n) is 3.16. The van der Waals surface area contributed by atoms with Gasteiger partial charge in [-0.15, -0.1) is 0 Å². The Balaban J connectivity index is 2.56. The molecule has 0 fully saturated rings. The maximum atomic E-state index is 11.1. The fourth-order valence-corrected chi connectivity index (χ4v) is 1.10. The van der Waals surface area contributed by atoms with Crippen molar-refractivity contribution < 1.29 is 9.59 Å². The molecule has 0 atom stereocenters. The minimum absolute atomic E-state index is 0.152. The summed E-state index contributed by atoms with van der Waals surface area (Å²) in [7, 11) is 0. The van der Waals surface area contributed by atoms with E-state index in [1.807, 2.05) is 0 Å². The normalized spacial score (nSPS) is 18.0. The molecule has 14 heavy (non-hydrogen) atoms. The zero-order chi connectivity index (χ0) is 10.2. The van der Waals surface area contributed by atoms with E-state index in [9.17, 15) is 9.59 Å². The molecular formula is C12H12O2. The van der Waals surface area contributed by atoms with E-state index in [-0.39, 0.29) is 24.4 Å². The van der Waals surface area contributed by atoms with Crippen LogP contribution in [0.4, 0.5) is 0 Å². The van der Waals surface area contributed by atoms with Gasteiger partial charge in [-0.2, -0.15) is 0 Å². The number of ketones is 2. The molecule has 0 spiro atoms. The Morgan fingerprint density at radius 1 is 0.786 bits per heavy atom. The van der Waals surface area contributed by atoms with E-state index >= 15 is 0 Å². The maximum Gasteiger partial charge on any atom is 0.205 e. The van der Waals surface area contributed by atoms with Crippen molar-refractivity contribution in [3.05, 3.63) is 0 Å². The van der Waals surface area contributed by atoms with Crippen LogP contribution >= 0.6 is 0 Å². The van der Waals surface area contributed by atoms with E-state index in [0.29, 0.717) is 0 Å². The molecule has 0 bridgehead atoms. The van der Waals surface area contributed by atoms with Gasteiger partial charge in [0, 0.05) is 25.7 Å². The lowest BCUT2D eigenvalue weighted by Gasteiger charge is -1.92. The zero-order valence-corrected chi connectivity index (χ0v) is 8.06. The predicted molar refractivity (Wildman–Crippen MR) is 53.3 cm³/mol. The molecule has 1 aliphatic carbocycles. The zero-order valence-electron chi connectivity index (χ0n) is 8.06. The monoisotopic (exact) mass is 188 g/mol. The highest BCUT2D eigenvalue weighted by Gasteiger charge is 2.02. The molecule has 0 N–H and O–H groups in total. The lowest BCUT2D eigenvalue weighted by Crippen LogP contribution is -2.00. The molecule has 0 heterocycles. The van der Waals surface area contributed by atoms with Crippen LogP contribution in [0.25, 0.3) is 0 Å². The van der Waals surface area contributed by atoms with E-state index in [2.05, 4.69) is 23.7 Å². The van der Waals surface area contributed by atoms with E-state index < -0.39 is 0 Å². The summed E-state index contributed by atoms with van der Waals surface area (Å²) in [5, 5.41) is 0. The van der Waals surface area contributed by atoms with Crippen LogP contribution in [0.1, 0.15) is 38.5 Å². The lowest BCUT2D eigenvalue weighted by atomic mass is 10.1. The molecule has 0 aromatic carbocycles. The average molecular weight is 188 g/mol. The molecule has 1 aliphatic rings. The van der Waals surface area contributed by atoms with Crippen LogP contribution in [0.2, 0.25) is 0 Å². The Labute approximate surface area is 84.1 Å². The van der Waals surface area contributed by atoms with E-state index in [0.717, 1.165) is 25.7 Å². The van der Waals surface area contributed by atoms with Crippen molar-refractivity contribution in [3.63, 3.8) is 0 Å². The number of hydrogen-bond acceptors (Lipinski definition) is 2. The van der Waals surface area contributed by atoms with Crippen molar-refractivity contribution in [3.8, 4) is 23.7 Å². The van der Waals surface area contributed by atoms with E-state index in [1.165, 1.54) is 0 Å². The molecule has 1 rings (SSSR count). The van der Waals surface area contributed by atoms with Gasteiger partial charge in [-0.1, -0.05) is 11.8 Å². The third-order valence-corrected chi connectivity index (χ3v) is 1.89. The molecule has 0 saturated carbocycles. The summed E-state index contributed by atoms with van der Waals surface area (Å²) >= 11 is 0. The fourth-order valence-electron chi connectivity index (χ4n) is 1.10. The molecule has 0 amide bonds. The summed E-state index contributed by atoms with van der Waals surface area (Å²) in [6.45, 7) is 0. The van der Waals surface area contributed by atoms with Crippen LogP contribution in [0, 0.1) is 23.7 Å². The topological polar surface area (TPSA) is 34.1 Å². The summed E-state index contributed by atoms with van der Waals surface area (Å²) in [6.07, 6.45) is 3.82. The number of carbonyl (C=O) groups excluding carboxylic acids is 2. The molecule has 0 aliphatic heterocycles. The first-order valence-corrected chi connectivity index (χ1v) is 4.82. The highest BCUT2D eigenvalue weighted by Crippen LogP contribution is 1.99. The van der Waals surface area contributed by atoms with Crippen molar-refractivity contribution in [2.75, 3.05) is 0 Å². The van der Waals surface area contributed by atoms with Crippen LogP contribution in [0.15, 0.2) is 0 Å². The second kappa shape index (κ2) is 6.00. The van der Waals surface area contributed by atoms with Crippen LogP contribution in [0.3, 0.4) is 0 Å². The number of hydrogen-bond donors (Lipinski definition) is 0. The van der Waals surface area contributed by atoms with Gasteiger partial charge in [-0.3, -0.25) is 9.59 Å². The minimum Gasteiger partial charge on any atom is -0.285 e. The Morgan fingerprint density at radius 2 is 1.21 bits per heavy atom. The number of rotatable bonds is 0. The van der Waals surface area contributed by atoms with Crippen molar-refractivity contribution >= 4 is 11.6 Å². The predicted octanol–water partition coefficient (Wildman–Crippen LogP) is 1.49. The van der Waals surface area contributed by atoms with Gasteiger partial charge >= 0.3 is 0 Å². The van der Waals surface area contributed by atoms with Gasteiger partial charge in [0.25, 0.3) is 0 Å². The molecule has 72 valence electrons. The Bertz CT molecular complexity index is 308. The standard InChI is InChI=1S/C12H12O2/c13-11-7-5-3-1-2-4-6-8-12(14)10-9-11/h1-4,9-10H2. The first-order valence-electron chi connectivity index (χ1n) is 4.82. The van der Waals surface area contributed by atoms with E-state index in [4.69, 9.17) is 0 Å². The lowest BCUT2D eigenvalue weighted by molar-refractivity contribution is -0.118. The minimum atomic E-state index is -0.152. The maximum absolute atomic E-state index is 11.1. The van der Waals surface area contributed by atoms with Crippen molar-refractivity contribution in [2.24, 2.45) is 0 Å². The number of carbonyl (C=O) groups is 2. The van der Waals surface area contributed by atoms with Crippen LogP contribution in [-0.4, -0.2) is 11.6 Å². The summed E-state index contributed by atoms with van der Waals surface area (Å²) < 4.78 is 0. The number of Topliss-reactive ketones (excluding diaryl/α,β-unsaturated/α-hetero) is 2. The second-order valence-corrected chi connectivity index (χ2v) is 3.16. The van der Waals surface area contributed by atoms with Crippen LogP contribution < -0.4 is 0 Å². The smallest absolute Gasteiger partial charge is 0.205 e. The summed E-state index contributed by atoms with van der Waals surface area (Å²) in [6, 6.07) is 0. The van der Waals surface area contributed by atoms with Crippen LogP contribution in [0.5, 0.6) is 0 Å². The molecule has 0 aromatic heterocycles.